The van der Waals surface area contributed by atoms with Gasteiger partial charge in [0.15, 0.2) is 0 Å². The second-order valence-electron chi connectivity index (χ2n) is 10.2. The lowest BCUT2D eigenvalue weighted by molar-refractivity contribution is -0.127. The van der Waals surface area contributed by atoms with Crippen LogP contribution in [0.5, 0.6) is 0 Å². The molecule has 5 N–H and O–H groups in total. The van der Waals surface area contributed by atoms with Crippen LogP contribution >= 0.6 is 0 Å². The van der Waals surface area contributed by atoms with Crippen molar-refractivity contribution >= 4 is 0 Å². The van der Waals surface area contributed by atoms with Crippen molar-refractivity contribution in [2.45, 2.75) is 117 Å². The maximum absolute atomic E-state index is 9.82. The number of aliphatic hydroxyl groups is 5. The summed E-state index contributed by atoms with van der Waals surface area (Å²) in [7, 11) is 0. The minimum Gasteiger partial charge on any atom is -0.394 e. The first-order chi connectivity index (χ1) is 15.1. The van der Waals surface area contributed by atoms with Gasteiger partial charge in [0, 0.05) is 0 Å². The van der Waals surface area contributed by atoms with E-state index in [0.29, 0.717) is 6.61 Å². The van der Waals surface area contributed by atoms with Gasteiger partial charge >= 0.3 is 0 Å². The fraction of sp³-hybridized carbons (Fsp3) is 0.923. The van der Waals surface area contributed by atoms with E-state index in [1.54, 1.807) is 0 Å². The highest BCUT2D eigenvalue weighted by molar-refractivity contribution is 4.97. The Morgan fingerprint density at radius 1 is 0.750 bits per heavy atom. The maximum atomic E-state index is 9.82. The third-order valence-electron chi connectivity index (χ3n) is 6.30. The Bertz CT molecular complexity index is 467. The van der Waals surface area contributed by atoms with Gasteiger partial charge in [0.1, 0.15) is 24.4 Å². The van der Waals surface area contributed by atoms with Crippen LogP contribution in [0.4, 0.5) is 0 Å². The Morgan fingerprint density at radius 3 is 1.78 bits per heavy atom. The van der Waals surface area contributed by atoms with E-state index in [0.717, 1.165) is 30.6 Å². The van der Waals surface area contributed by atoms with E-state index in [-0.39, 0.29) is 6.61 Å². The molecule has 0 rings (SSSR count). The summed E-state index contributed by atoms with van der Waals surface area (Å²) in [5.41, 5.74) is 1.24. The molecule has 0 saturated heterocycles. The number of hydrogen-bond donors (Lipinski definition) is 5. The molecule has 0 fully saturated rings. The molecule has 0 aromatic heterocycles. The first-order valence-corrected chi connectivity index (χ1v) is 12.6. The topological polar surface area (TPSA) is 110 Å². The number of hydrogen-bond acceptors (Lipinski definition) is 6. The third kappa shape index (κ3) is 16.2. The monoisotopic (exact) mass is 460 g/mol. The summed E-state index contributed by atoms with van der Waals surface area (Å²) in [5.74, 6) is 2.41. The number of rotatable bonds is 20. The van der Waals surface area contributed by atoms with Crippen molar-refractivity contribution in [3.05, 3.63) is 11.6 Å². The van der Waals surface area contributed by atoms with Crippen molar-refractivity contribution in [2.24, 2.45) is 17.8 Å². The fourth-order valence-corrected chi connectivity index (χ4v) is 3.86. The number of aliphatic hydroxyl groups excluding tert-OH is 5. The highest BCUT2D eigenvalue weighted by Crippen LogP contribution is 2.22. The summed E-state index contributed by atoms with van der Waals surface area (Å²) >= 11 is 0. The summed E-state index contributed by atoms with van der Waals surface area (Å²) in [6.45, 7) is 10.9. The van der Waals surface area contributed by atoms with Crippen molar-refractivity contribution < 1.29 is 30.3 Å². The molecular weight excluding hydrogens is 408 g/mol. The van der Waals surface area contributed by atoms with Crippen LogP contribution in [0, 0.1) is 17.8 Å². The van der Waals surface area contributed by atoms with Gasteiger partial charge in [0.25, 0.3) is 0 Å². The highest BCUT2D eigenvalue weighted by atomic mass is 16.5. The third-order valence-corrected chi connectivity index (χ3v) is 6.30. The molecule has 0 bridgehead atoms. The molecule has 192 valence electrons. The van der Waals surface area contributed by atoms with Gasteiger partial charge in [0.05, 0.1) is 19.8 Å². The smallest absolute Gasteiger partial charge is 0.111 e. The van der Waals surface area contributed by atoms with E-state index >= 15 is 0 Å². The minimum atomic E-state index is -1.62. The van der Waals surface area contributed by atoms with Crippen molar-refractivity contribution in [3.8, 4) is 0 Å². The predicted molar refractivity (Wildman–Crippen MR) is 130 cm³/mol. The van der Waals surface area contributed by atoms with Crippen molar-refractivity contribution in [1.29, 1.82) is 0 Å². The van der Waals surface area contributed by atoms with Gasteiger partial charge in [-0.3, -0.25) is 0 Å². The van der Waals surface area contributed by atoms with Gasteiger partial charge in [0.2, 0.25) is 0 Å². The van der Waals surface area contributed by atoms with Crippen LogP contribution in [0.3, 0.4) is 0 Å². The SMILES string of the molecule is CC(=CCOC[C@@H](O)[C@H](O)[C@@H](O)[C@@H](O)CO)CCCC(C)CCCC(C)CCCC(C)C. The fourth-order valence-electron chi connectivity index (χ4n) is 3.86. The van der Waals surface area contributed by atoms with E-state index in [4.69, 9.17) is 9.84 Å². The lowest BCUT2D eigenvalue weighted by atomic mass is 9.91. The molecule has 0 aromatic rings. The van der Waals surface area contributed by atoms with Crippen LogP contribution in [-0.2, 0) is 4.74 Å². The van der Waals surface area contributed by atoms with Crippen LogP contribution < -0.4 is 0 Å². The molecule has 0 radical (unpaired) electrons. The Labute approximate surface area is 196 Å². The van der Waals surface area contributed by atoms with Crippen LogP contribution in [0.2, 0.25) is 0 Å². The van der Waals surface area contributed by atoms with Gasteiger partial charge in [-0.1, -0.05) is 84.3 Å². The normalized spacial score (nSPS) is 18.4. The van der Waals surface area contributed by atoms with E-state index in [9.17, 15) is 20.4 Å². The van der Waals surface area contributed by atoms with Gasteiger partial charge in [-0.2, -0.15) is 0 Å². The average molecular weight is 461 g/mol. The lowest BCUT2D eigenvalue weighted by Gasteiger charge is -2.25. The van der Waals surface area contributed by atoms with E-state index < -0.39 is 31.0 Å². The summed E-state index contributed by atoms with van der Waals surface area (Å²) < 4.78 is 5.35. The van der Waals surface area contributed by atoms with E-state index in [1.165, 1.54) is 50.5 Å². The molecule has 6 atom stereocenters. The lowest BCUT2D eigenvalue weighted by Crippen LogP contribution is -2.47. The van der Waals surface area contributed by atoms with Gasteiger partial charge < -0.3 is 30.3 Å². The minimum absolute atomic E-state index is 0.160. The molecule has 0 aliphatic carbocycles. The quantitative estimate of drug-likeness (QED) is 0.140. The van der Waals surface area contributed by atoms with Crippen LogP contribution in [0.1, 0.15) is 92.4 Å². The Balaban J connectivity index is 3.87. The molecule has 0 spiro atoms. The maximum Gasteiger partial charge on any atom is 0.111 e. The average Bonchev–Trinajstić information content (AvgIpc) is 2.74. The zero-order valence-corrected chi connectivity index (χ0v) is 21.2. The van der Waals surface area contributed by atoms with Crippen LogP contribution in [0.15, 0.2) is 11.6 Å². The zero-order chi connectivity index (χ0) is 24.5. The Kier molecular flexibility index (Phi) is 18.6. The predicted octanol–water partition coefficient (Wildman–Crippen LogP) is 3.82. The first kappa shape index (κ1) is 31.5. The molecule has 0 heterocycles. The molecule has 0 amide bonds. The Hall–Kier alpha value is -0.500. The zero-order valence-electron chi connectivity index (χ0n) is 21.2. The molecular formula is C26H52O6. The van der Waals surface area contributed by atoms with E-state index in [1.807, 2.05) is 6.08 Å². The second-order valence-corrected chi connectivity index (χ2v) is 10.2. The summed E-state index contributed by atoms with van der Waals surface area (Å²) in [5, 5.41) is 47.2. The van der Waals surface area contributed by atoms with Gasteiger partial charge in [-0.05, 0) is 37.5 Å². The molecule has 0 aromatic carbocycles. The van der Waals surface area contributed by atoms with Crippen molar-refractivity contribution in [3.63, 3.8) is 0 Å². The van der Waals surface area contributed by atoms with E-state index in [2.05, 4.69) is 34.6 Å². The molecule has 32 heavy (non-hydrogen) atoms. The van der Waals surface area contributed by atoms with Gasteiger partial charge in [-0.15, -0.1) is 0 Å². The standard InChI is InChI=1S/C26H52O6/c1-19(2)9-6-10-20(3)11-7-12-21(4)13-8-14-22(5)15-16-32-18-24(29)26(31)25(30)23(28)17-27/h15,19-21,23-31H,6-14,16-18H2,1-5H3/t20?,21?,23-,24+,25-,26-/m0/s1. The second kappa shape index (κ2) is 18.9. The molecule has 0 aliphatic rings. The first-order valence-electron chi connectivity index (χ1n) is 12.6. The Morgan fingerprint density at radius 2 is 1.25 bits per heavy atom. The summed E-state index contributed by atoms with van der Waals surface area (Å²) in [6.07, 6.45) is 7.38. The molecule has 0 saturated carbocycles. The molecule has 0 aliphatic heterocycles. The molecule has 6 heteroatoms. The van der Waals surface area contributed by atoms with Crippen molar-refractivity contribution in [1.82, 2.24) is 0 Å². The van der Waals surface area contributed by atoms with Crippen LogP contribution in [0.25, 0.3) is 0 Å². The summed E-state index contributed by atoms with van der Waals surface area (Å²) in [4.78, 5) is 0. The number of allylic oxidation sites excluding steroid dienone is 1. The van der Waals surface area contributed by atoms with Gasteiger partial charge in [-0.25, -0.2) is 0 Å². The summed E-state index contributed by atoms with van der Waals surface area (Å²) in [6, 6.07) is 0. The highest BCUT2D eigenvalue weighted by Gasteiger charge is 2.29. The molecule has 2 unspecified atom stereocenters. The molecule has 6 nitrogen and oxygen atoms in total. The van der Waals surface area contributed by atoms with Crippen LogP contribution in [-0.4, -0.2) is 69.8 Å². The largest absolute Gasteiger partial charge is 0.394 e. The number of ether oxygens (including phenoxy) is 1. The van der Waals surface area contributed by atoms with Crippen molar-refractivity contribution in [2.75, 3.05) is 19.8 Å².